The van der Waals surface area contributed by atoms with Gasteiger partial charge in [-0.15, -0.1) is 0 Å². The van der Waals surface area contributed by atoms with Crippen molar-refractivity contribution in [3.05, 3.63) is 69.4 Å². The van der Waals surface area contributed by atoms with Gasteiger partial charge in [-0.05, 0) is 0 Å². The molecule has 0 fully saturated rings. The molecule has 1 aromatic heterocycles. The Morgan fingerprint density at radius 1 is 1.17 bits per heavy atom. The predicted octanol–water partition coefficient (Wildman–Crippen LogP) is 4.01. The van der Waals surface area contributed by atoms with Crippen molar-refractivity contribution in [2.45, 2.75) is 11.8 Å². The van der Waals surface area contributed by atoms with Crippen molar-refractivity contribution >= 4 is 52.9 Å². The number of nitrogens with zero attached hydrogens (tertiary/aromatic N) is 2. The molecule has 4 rings (SSSR count). The van der Waals surface area contributed by atoms with E-state index in [9.17, 15) is 0 Å². The van der Waals surface area contributed by atoms with Crippen LogP contribution >= 0.6 is 11.8 Å². The van der Waals surface area contributed by atoms with Gasteiger partial charge in [0.05, 0.1) is 0 Å². The Bertz CT molecular complexity index is 955. The molecule has 0 amide bonds. The van der Waals surface area contributed by atoms with Crippen molar-refractivity contribution in [1.29, 1.82) is 0 Å². The van der Waals surface area contributed by atoms with E-state index in [0.29, 0.717) is 0 Å². The summed E-state index contributed by atoms with van der Waals surface area (Å²) in [6.07, 6.45) is 7.74. The Morgan fingerprint density at radius 2 is 1.96 bits per heavy atom. The second-order valence-corrected chi connectivity index (χ2v) is 9.67. The fourth-order valence-electron chi connectivity index (χ4n) is 2.92. The van der Waals surface area contributed by atoms with E-state index >= 15 is 0 Å². The van der Waals surface area contributed by atoms with Crippen LogP contribution in [-0.2, 0) is 7.05 Å². The van der Waals surface area contributed by atoms with Gasteiger partial charge in [0.15, 0.2) is 0 Å². The van der Waals surface area contributed by atoms with Crippen LogP contribution in [0.5, 0.6) is 0 Å². The quantitative estimate of drug-likeness (QED) is 0.341. The summed E-state index contributed by atoms with van der Waals surface area (Å²) in [6, 6.07) is 17.3. The van der Waals surface area contributed by atoms with E-state index < -0.39 is 0 Å². The average Bonchev–Trinajstić information content (AvgIpc) is 3.13. The van der Waals surface area contributed by atoms with Crippen molar-refractivity contribution in [3.63, 3.8) is 0 Å². The molecule has 0 radical (unpaired) electrons. The molecule has 120 valence electrons. The van der Waals surface area contributed by atoms with E-state index in [1.165, 1.54) is 28.2 Å². The molecule has 0 unspecified atom stereocenters. The summed E-state index contributed by atoms with van der Waals surface area (Å²) >= 11 is 1.54. The third-order valence-electron chi connectivity index (χ3n) is 4.14. The number of aryl methyl sites for hydroxylation is 1. The van der Waals surface area contributed by atoms with E-state index in [-0.39, 0.29) is 20.4 Å². The minimum absolute atomic E-state index is 0.293. The molecule has 2 heterocycles. The van der Waals surface area contributed by atoms with Crippen molar-refractivity contribution < 1.29 is 4.57 Å². The number of anilines is 1. The monoisotopic (exact) mass is 448 g/mol. The first kappa shape index (κ1) is 16.0. The van der Waals surface area contributed by atoms with Gasteiger partial charge in [0, 0.05) is 0 Å². The van der Waals surface area contributed by atoms with Crippen LogP contribution in [0.1, 0.15) is 10.6 Å². The molecule has 0 saturated carbocycles. The first-order valence-corrected chi connectivity index (χ1v) is 11.1. The van der Waals surface area contributed by atoms with Crippen LogP contribution in [0.15, 0.2) is 64.5 Å². The molecule has 24 heavy (non-hydrogen) atoms. The summed E-state index contributed by atoms with van der Waals surface area (Å²) in [6.45, 7) is 3.18. The summed E-state index contributed by atoms with van der Waals surface area (Å²) in [5, 5.41) is 1.26. The average molecular weight is 446 g/mol. The van der Waals surface area contributed by atoms with E-state index in [2.05, 4.69) is 90.2 Å². The Balaban J connectivity index is 1.62. The van der Waals surface area contributed by atoms with Gasteiger partial charge in [0.1, 0.15) is 0 Å². The number of thioether (sulfide) groups is 1. The normalized spacial score (nSPS) is 15.8. The second kappa shape index (κ2) is 6.80. The second-order valence-electron chi connectivity index (χ2n) is 5.57. The summed E-state index contributed by atoms with van der Waals surface area (Å²) in [4.78, 5) is 3.69. The van der Waals surface area contributed by atoms with Crippen molar-refractivity contribution in [2.75, 3.05) is 11.4 Å². The summed E-state index contributed by atoms with van der Waals surface area (Å²) < 4.78 is 5.25. The molecule has 0 bridgehead atoms. The fraction of sp³-hybridized carbons (Fsp3) is 0.150. The van der Waals surface area contributed by atoms with Gasteiger partial charge in [-0.3, -0.25) is 0 Å². The molecular formula is C20H18N2STe. The molecule has 1 aliphatic heterocycles. The number of para-hydroxylation sites is 2. The van der Waals surface area contributed by atoms with E-state index in [1.807, 2.05) is 11.8 Å². The Morgan fingerprint density at radius 3 is 2.79 bits per heavy atom. The van der Waals surface area contributed by atoms with Crippen molar-refractivity contribution in [1.82, 2.24) is 0 Å². The maximum absolute atomic E-state index is 3.44. The SMILES string of the molecule is CCN1/C(=C\[C-]=Cc2[te]c3ccccc3[n+]2C)Sc2ccccc21. The zero-order chi connectivity index (χ0) is 16.5. The molecule has 0 aliphatic carbocycles. The maximum atomic E-state index is 3.44. The van der Waals surface area contributed by atoms with Crippen LogP contribution in [0.3, 0.4) is 0 Å². The van der Waals surface area contributed by atoms with Gasteiger partial charge >= 0.3 is 157 Å². The first-order valence-electron chi connectivity index (χ1n) is 7.99. The fourth-order valence-corrected chi connectivity index (χ4v) is 7.02. The molecule has 4 heteroatoms. The number of hydrogen-bond donors (Lipinski definition) is 0. The standard InChI is InChI=1S/C20H18N2STe/c1-3-22-15-9-4-6-11-17(15)23-19(22)13-8-14-20-21(2)16-10-5-7-12-18(16)24-20/h4-7,9-14H,3H2,1-2H3. The van der Waals surface area contributed by atoms with Crippen LogP contribution in [0, 0.1) is 6.08 Å². The zero-order valence-corrected chi connectivity index (χ0v) is 16.8. The van der Waals surface area contributed by atoms with E-state index in [4.69, 9.17) is 0 Å². The third kappa shape index (κ3) is 2.84. The van der Waals surface area contributed by atoms with Gasteiger partial charge in [-0.25, -0.2) is 0 Å². The van der Waals surface area contributed by atoms with E-state index in [1.54, 1.807) is 0 Å². The number of allylic oxidation sites excluding steroid dienone is 2. The molecule has 2 nitrogen and oxygen atoms in total. The topological polar surface area (TPSA) is 7.12 Å². The predicted molar refractivity (Wildman–Crippen MR) is 103 cm³/mol. The van der Waals surface area contributed by atoms with Crippen molar-refractivity contribution in [3.8, 4) is 0 Å². The molecule has 0 spiro atoms. The van der Waals surface area contributed by atoms with Gasteiger partial charge in [0.25, 0.3) is 0 Å². The summed E-state index contributed by atoms with van der Waals surface area (Å²) in [7, 11) is 2.16. The van der Waals surface area contributed by atoms with Gasteiger partial charge in [-0.2, -0.15) is 0 Å². The molecule has 0 N–H and O–H groups in total. The molecule has 3 aromatic rings. The Kier molecular flexibility index (Phi) is 4.54. The van der Waals surface area contributed by atoms with Gasteiger partial charge < -0.3 is 0 Å². The minimum atomic E-state index is -0.293. The van der Waals surface area contributed by atoms with Crippen molar-refractivity contribution in [2.24, 2.45) is 7.05 Å². The van der Waals surface area contributed by atoms with E-state index in [0.717, 1.165) is 6.54 Å². The van der Waals surface area contributed by atoms with Crippen LogP contribution in [-0.4, -0.2) is 27.0 Å². The summed E-state index contributed by atoms with van der Waals surface area (Å²) in [5.41, 5.74) is 2.67. The van der Waals surface area contributed by atoms with Crippen LogP contribution in [0.2, 0.25) is 0 Å². The zero-order valence-electron chi connectivity index (χ0n) is 13.7. The molecular weight excluding hydrogens is 428 g/mol. The Labute approximate surface area is 156 Å². The third-order valence-corrected chi connectivity index (χ3v) is 8.58. The van der Waals surface area contributed by atoms with Gasteiger partial charge in [-0.1, -0.05) is 0 Å². The van der Waals surface area contributed by atoms with Gasteiger partial charge in [0.2, 0.25) is 0 Å². The number of aromatic nitrogens is 1. The molecule has 0 saturated heterocycles. The number of hydrogen-bond acceptors (Lipinski definition) is 2. The number of benzene rings is 2. The Hall–Kier alpha value is -1.47. The van der Waals surface area contributed by atoms with Crippen LogP contribution in [0.4, 0.5) is 5.69 Å². The number of rotatable bonds is 3. The number of fused-ring (bicyclic) bond motifs is 2. The first-order chi connectivity index (χ1) is 11.8. The summed E-state index contributed by atoms with van der Waals surface area (Å²) in [5.74, 6) is 0. The van der Waals surface area contributed by atoms with Crippen LogP contribution in [0.25, 0.3) is 15.0 Å². The molecule has 2 aromatic carbocycles. The molecule has 0 atom stereocenters. The van der Waals surface area contributed by atoms with Crippen LogP contribution < -0.4 is 9.47 Å². The molecule has 1 aliphatic rings.